The van der Waals surface area contributed by atoms with Crippen LogP contribution in [0.2, 0.25) is 0 Å². The van der Waals surface area contributed by atoms with E-state index in [1.54, 1.807) is 31.3 Å². The minimum atomic E-state index is 0.205. The van der Waals surface area contributed by atoms with Gasteiger partial charge < -0.3 is 5.11 Å². The molecular formula is C10H10N4OS. The second kappa shape index (κ2) is 4.28. The largest absolute Gasteiger partial charge is 0.508 e. The van der Waals surface area contributed by atoms with Gasteiger partial charge in [0.25, 0.3) is 0 Å². The Morgan fingerprint density at radius 2 is 2.38 bits per heavy atom. The normalized spacial score (nSPS) is 11.1. The number of phenolic OH excluding ortho intramolecular Hbond substituents is 1. The zero-order chi connectivity index (χ0) is 11.5. The molecule has 0 aliphatic carbocycles. The summed E-state index contributed by atoms with van der Waals surface area (Å²) >= 11 is 5.00. The third-order valence-corrected chi connectivity index (χ3v) is 2.27. The molecule has 2 rings (SSSR count). The predicted molar refractivity (Wildman–Crippen MR) is 63.2 cm³/mol. The van der Waals surface area contributed by atoms with E-state index in [4.69, 9.17) is 12.2 Å². The first-order chi connectivity index (χ1) is 7.66. The molecule has 0 radical (unpaired) electrons. The van der Waals surface area contributed by atoms with Gasteiger partial charge >= 0.3 is 0 Å². The second-order valence-corrected chi connectivity index (χ2v) is 3.61. The molecule has 2 N–H and O–H groups in total. The van der Waals surface area contributed by atoms with Crippen LogP contribution in [0.4, 0.5) is 0 Å². The summed E-state index contributed by atoms with van der Waals surface area (Å²) in [5, 5.41) is 20.0. The van der Waals surface area contributed by atoms with Crippen LogP contribution < -0.4 is 0 Å². The molecule has 82 valence electrons. The Morgan fingerprint density at radius 1 is 1.56 bits per heavy atom. The molecule has 0 spiro atoms. The van der Waals surface area contributed by atoms with Crippen molar-refractivity contribution in [3.05, 3.63) is 40.4 Å². The predicted octanol–water partition coefficient (Wildman–Crippen LogP) is 1.84. The van der Waals surface area contributed by atoms with Crippen molar-refractivity contribution in [2.45, 2.75) is 6.92 Å². The van der Waals surface area contributed by atoms with Crippen LogP contribution >= 0.6 is 12.2 Å². The van der Waals surface area contributed by atoms with Crippen LogP contribution in [-0.4, -0.2) is 26.2 Å². The van der Waals surface area contributed by atoms with Crippen molar-refractivity contribution in [3.8, 4) is 5.75 Å². The molecule has 16 heavy (non-hydrogen) atoms. The van der Waals surface area contributed by atoms with Gasteiger partial charge in [-0.3, -0.25) is 5.10 Å². The molecule has 1 aromatic carbocycles. The first-order valence-electron chi connectivity index (χ1n) is 4.64. The van der Waals surface area contributed by atoms with E-state index in [1.165, 1.54) is 4.68 Å². The Labute approximate surface area is 97.1 Å². The topological polar surface area (TPSA) is 66.2 Å². The highest BCUT2D eigenvalue weighted by Crippen LogP contribution is 2.09. The molecule has 0 saturated heterocycles. The molecule has 0 aliphatic heterocycles. The number of nitrogens with one attached hydrogen (secondary N) is 1. The van der Waals surface area contributed by atoms with Gasteiger partial charge in [0.1, 0.15) is 11.6 Å². The molecule has 6 heteroatoms. The number of rotatable bonds is 2. The van der Waals surface area contributed by atoms with Crippen molar-refractivity contribution < 1.29 is 5.11 Å². The maximum Gasteiger partial charge on any atom is 0.216 e. The molecule has 0 saturated carbocycles. The molecule has 0 unspecified atom stereocenters. The van der Waals surface area contributed by atoms with Crippen molar-refractivity contribution in [2.75, 3.05) is 0 Å². The van der Waals surface area contributed by atoms with Crippen LogP contribution in [0.25, 0.3) is 0 Å². The molecule has 0 amide bonds. The number of nitrogens with zero attached hydrogens (tertiary/aromatic N) is 3. The number of aromatic hydroxyl groups is 1. The summed E-state index contributed by atoms with van der Waals surface area (Å²) in [6.45, 7) is 1.80. The van der Waals surface area contributed by atoms with Crippen LogP contribution in [0.3, 0.4) is 0 Å². The van der Waals surface area contributed by atoms with E-state index in [0.717, 1.165) is 5.56 Å². The number of H-pyrrole nitrogens is 1. The lowest BCUT2D eigenvalue weighted by Crippen LogP contribution is -1.93. The lowest BCUT2D eigenvalue weighted by molar-refractivity contribution is 0.475. The average Bonchev–Trinajstić information content (AvgIpc) is 2.56. The second-order valence-electron chi connectivity index (χ2n) is 3.23. The molecule has 0 fully saturated rings. The Hall–Kier alpha value is -1.95. The maximum atomic E-state index is 9.27. The standard InChI is InChI=1S/C10H10N4OS/c1-7-12-13-10(16)14(7)11-6-8-3-2-4-9(15)5-8/h2-6,15H,1H3,(H,13,16). The van der Waals surface area contributed by atoms with E-state index < -0.39 is 0 Å². The zero-order valence-electron chi connectivity index (χ0n) is 8.58. The van der Waals surface area contributed by atoms with Crippen molar-refractivity contribution in [2.24, 2.45) is 5.10 Å². The highest BCUT2D eigenvalue weighted by Gasteiger charge is 1.97. The third kappa shape index (κ3) is 2.17. The summed E-state index contributed by atoms with van der Waals surface area (Å²) in [6.07, 6.45) is 1.61. The van der Waals surface area contributed by atoms with Crippen molar-refractivity contribution in [1.29, 1.82) is 0 Å². The number of phenols is 1. The third-order valence-electron chi connectivity index (χ3n) is 2.00. The van der Waals surface area contributed by atoms with E-state index >= 15 is 0 Å². The summed E-state index contributed by atoms with van der Waals surface area (Å²) in [5.74, 6) is 0.887. The van der Waals surface area contributed by atoms with E-state index in [2.05, 4.69) is 15.3 Å². The van der Waals surface area contributed by atoms with Gasteiger partial charge in [-0.15, -0.1) is 0 Å². The first-order valence-corrected chi connectivity index (χ1v) is 5.05. The fraction of sp³-hybridized carbons (Fsp3) is 0.100. The molecule has 5 nitrogen and oxygen atoms in total. The molecule has 0 atom stereocenters. The fourth-order valence-electron chi connectivity index (χ4n) is 1.24. The van der Waals surface area contributed by atoms with Gasteiger partial charge in [-0.25, -0.2) is 0 Å². The van der Waals surface area contributed by atoms with Crippen molar-refractivity contribution in [3.63, 3.8) is 0 Å². The zero-order valence-corrected chi connectivity index (χ0v) is 9.40. The number of hydrogen-bond donors (Lipinski definition) is 2. The van der Waals surface area contributed by atoms with E-state index in [9.17, 15) is 5.11 Å². The Kier molecular flexibility index (Phi) is 2.82. The van der Waals surface area contributed by atoms with E-state index in [0.29, 0.717) is 10.6 Å². The van der Waals surface area contributed by atoms with Crippen molar-refractivity contribution in [1.82, 2.24) is 14.9 Å². The lowest BCUT2D eigenvalue weighted by Gasteiger charge is -1.95. The first kappa shape index (κ1) is 10.6. The Morgan fingerprint density at radius 3 is 3.00 bits per heavy atom. The molecule has 1 heterocycles. The van der Waals surface area contributed by atoms with Crippen LogP contribution in [0.1, 0.15) is 11.4 Å². The van der Waals surface area contributed by atoms with Crippen LogP contribution in [-0.2, 0) is 0 Å². The summed E-state index contributed by atoms with van der Waals surface area (Å²) in [6, 6.07) is 6.80. The van der Waals surface area contributed by atoms with Gasteiger partial charge in [0.05, 0.1) is 6.21 Å². The maximum absolute atomic E-state index is 9.27. The Bertz CT molecular complexity index is 585. The summed E-state index contributed by atoms with van der Waals surface area (Å²) in [5.41, 5.74) is 0.794. The summed E-state index contributed by atoms with van der Waals surface area (Å²) < 4.78 is 1.95. The van der Waals surface area contributed by atoms with Gasteiger partial charge in [-0.2, -0.15) is 14.9 Å². The van der Waals surface area contributed by atoms with E-state index in [1.807, 2.05) is 6.07 Å². The number of aryl methyl sites for hydroxylation is 1. The summed E-state index contributed by atoms with van der Waals surface area (Å²) in [7, 11) is 0. The highest BCUT2D eigenvalue weighted by atomic mass is 32.1. The van der Waals surface area contributed by atoms with Crippen LogP contribution in [0.5, 0.6) is 5.75 Å². The van der Waals surface area contributed by atoms with Gasteiger partial charge in [0, 0.05) is 0 Å². The number of benzene rings is 1. The highest BCUT2D eigenvalue weighted by molar-refractivity contribution is 7.71. The number of hydrogen-bond acceptors (Lipinski definition) is 4. The smallest absolute Gasteiger partial charge is 0.216 e. The monoisotopic (exact) mass is 234 g/mol. The quantitative estimate of drug-likeness (QED) is 0.615. The molecule has 2 aromatic rings. The minimum Gasteiger partial charge on any atom is -0.508 e. The van der Waals surface area contributed by atoms with E-state index in [-0.39, 0.29) is 5.75 Å². The Balaban J connectivity index is 2.32. The van der Waals surface area contributed by atoms with Crippen LogP contribution in [0.15, 0.2) is 29.4 Å². The molecular weight excluding hydrogens is 224 g/mol. The van der Waals surface area contributed by atoms with Gasteiger partial charge in [-0.05, 0) is 36.8 Å². The van der Waals surface area contributed by atoms with Crippen molar-refractivity contribution >= 4 is 18.4 Å². The number of aromatic amines is 1. The molecule has 1 aromatic heterocycles. The fourth-order valence-corrected chi connectivity index (χ4v) is 1.46. The SMILES string of the molecule is Cc1n[nH]c(=S)n1N=Cc1cccc(O)c1. The lowest BCUT2D eigenvalue weighted by atomic mass is 10.2. The van der Waals surface area contributed by atoms with Gasteiger partial charge in [-0.1, -0.05) is 12.1 Å². The van der Waals surface area contributed by atoms with Crippen LogP contribution in [0, 0.1) is 11.7 Å². The minimum absolute atomic E-state index is 0.205. The van der Waals surface area contributed by atoms with Gasteiger partial charge in [0.15, 0.2) is 0 Å². The molecule has 0 bridgehead atoms. The molecule has 0 aliphatic rings. The number of aromatic nitrogens is 3. The summed E-state index contributed by atoms with van der Waals surface area (Å²) in [4.78, 5) is 0. The average molecular weight is 234 g/mol. The van der Waals surface area contributed by atoms with Gasteiger partial charge in [0.2, 0.25) is 4.77 Å².